The number of rotatable bonds is 5. The standard InChI is InChI=1S/C13H23N3O/c1-4-9-14-10(2)11-15-16-12(17-11)13(3)7-5-6-8-13/h10,14H,4-9H2,1-3H3. The summed E-state index contributed by atoms with van der Waals surface area (Å²) in [4.78, 5) is 0. The largest absolute Gasteiger partial charge is 0.423 e. The first-order valence-corrected chi connectivity index (χ1v) is 6.73. The van der Waals surface area contributed by atoms with Crippen LogP contribution in [0.4, 0.5) is 0 Å². The van der Waals surface area contributed by atoms with Crippen molar-refractivity contribution >= 4 is 0 Å². The van der Waals surface area contributed by atoms with Crippen molar-refractivity contribution < 1.29 is 4.42 Å². The molecule has 0 saturated heterocycles. The molecule has 1 atom stereocenters. The van der Waals surface area contributed by atoms with Crippen LogP contribution in [0.25, 0.3) is 0 Å². The molecule has 1 saturated carbocycles. The Kier molecular flexibility index (Phi) is 3.82. The van der Waals surface area contributed by atoms with Gasteiger partial charge in [0, 0.05) is 5.41 Å². The zero-order chi connectivity index (χ0) is 12.3. The second kappa shape index (κ2) is 5.17. The molecule has 0 spiro atoms. The lowest BCUT2D eigenvalue weighted by molar-refractivity contribution is 0.319. The van der Waals surface area contributed by atoms with Crippen molar-refractivity contribution in [3.05, 3.63) is 11.8 Å². The average Bonchev–Trinajstić information content (AvgIpc) is 2.95. The third-order valence-corrected chi connectivity index (χ3v) is 3.74. The van der Waals surface area contributed by atoms with Crippen molar-refractivity contribution in [2.24, 2.45) is 0 Å². The lowest BCUT2D eigenvalue weighted by Crippen LogP contribution is -2.19. The first-order valence-electron chi connectivity index (χ1n) is 6.73. The van der Waals surface area contributed by atoms with Crippen LogP contribution in [-0.2, 0) is 5.41 Å². The molecule has 1 aromatic heterocycles. The van der Waals surface area contributed by atoms with E-state index in [4.69, 9.17) is 4.42 Å². The highest BCUT2D eigenvalue weighted by Crippen LogP contribution is 2.39. The summed E-state index contributed by atoms with van der Waals surface area (Å²) in [5, 5.41) is 11.8. The molecule has 0 aromatic carbocycles. The normalized spacial score (nSPS) is 20.6. The second-order valence-electron chi connectivity index (χ2n) is 5.39. The number of nitrogens with one attached hydrogen (secondary N) is 1. The minimum absolute atomic E-state index is 0.121. The van der Waals surface area contributed by atoms with Gasteiger partial charge < -0.3 is 9.73 Å². The summed E-state index contributed by atoms with van der Waals surface area (Å²) in [6, 6.07) is 0.154. The summed E-state index contributed by atoms with van der Waals surface area (Å²) in [7, 11) is 0. The van der Waals surface area contributed by atoms with Gasteiger partial charge in [-0.05, 0) is 32.7 Å². The highest BCUT2D eigenvalue weighted by Gasteiger charge is 2.36. The molecule has 0 amide bonds. The van der Waals surface area contributed by atoms with Crippen LogP contribution >= 0.6 is 0 Å². The Bertz CT molecular complexity index is 355. The molecular weight excluding hydrogens is 214 g/mol. The van der Waals surface area contributed by atoms with Gasteiger partial charge in [0.25, 0.3) is 0 Å². The fourth-order valence-electron chi connectivity index (χ4n) is 2.47. The molecule has 4 heteroatoms. The third kappa shape index (κ3) is 2.68. The van der Waals surface area contributed by atoms with E-state index in [2.05, 4.69) is 36.3 Å². The number of nitrogens with zero attached hydrogens (tertiary/aromatic N) is 2. The van der Waals surface area contributed by atoms with Gasteiger partial charge in [-0.3, -0.25) is 0 Å². The first-order chi connectivity index (χ1) is 8.15. The van der Waals surface area contributed by atoms with Crippen molar-refractivity contribution in [3.63, 3.8) is 0 Å². The van der Waals surface area contributed by atoms with E-state index in [0.717, 1.165) is 24.7 Å². The zero-order valence-corrected chi connectivity index (χ0v) is 11.1. The van der Waals surface area contributed by atoms with Crippen molar-refractivity contribution in [2.45, 2.75) is 64.3 Å². The van der Waals surface area contributed by atoms with E-state index in [9.17, 15) is 0 Å². The molecule has 1 fully saturated rings. The van der Waals surface area contributed by atoms with Crippen LogP contribution < -0.4 is 5.32 Å². The molecule has 0 bridgehead atoms. The fraction of sp³-hybridized carbons (Fsp3) is 0.846. The van der Waals surface area contributed by atoms with Crippen LogP contribution in [0.5, 0.6) is 0 Å². The van der Waals surface area contributed by atoms with Gasteiger partial charge in [-0.2, -0.15) is 0 Å². The van der Waals surface area contributed by atoms with E-state index in [1.807, 2.05) is 0 Å². The van der Waals surface area contributed by atoms with Crippen molar-refractivity contribution in [1.29, 1.82) is 0 Å². The van der Waals surface area contributed by atoms with Gasteiger partial charge in [-0.1, -0.05) is 26.7 Å². The maximum Gasteiger partial charge on any atom is 0.233 e. The monoisotopic (exact) mass is 237 g/mol. The Morgan fingerprint density at radius 2 is 2.06 bits per heavy atom. The molecule has 1 unspecified atom stereocenters. The first kappa shape index (κ1) is 12.6. The summed E-state index contributed by atoms with van der Waals surface area (Å²) >= 11 is 0. The minimum atomic E-state index is 0.121. The third-order valence-electron chi connectivity index (χ3n) is 3.74. The molecule has 17 heavy (non-hydrogen) atoms. The summed E-state index contributed by atoms with van der Waals surface area (Å²) in [6.45, 7) is 7.44. The Balaban J connectivity index is 2.05. The minimum Gasteiger partial charge on any atom is -0.423 e. The van der Waals surface area contributed by atoms with Gasteiger partial charge in [0.2, 0.25) is 11.8 Å². The zero-order valence-electron chi connectivity index (χ0n) is 11.1. The van der Waals surface area contributed by atoms with E-state index in [-0.39, 0.29) is 11.5 Å². The molecule has 1 N–H and O–H groups in total. The van der Waals surface area contributed by atoms with E-state index >= 15 is 0 Å². The number of aromatic nitrogens is 2. The number of hydrogen-bond acceptors (Lipinski definition) is 4. The van der Waals surface area contributed by atoms with E-state index in [1.165, 1.54) is 25.7 Å². The van der Waals surface area contributed by atoms with Gasteiger partial charge in [0.1, 0.15) is 0 Å². The van der Waals surface area contributed by atoms with E-state index in [0.29, 0.717) is 0 Å². The predicted molar refractivity (Wildman–Crippen MR) is 66.8 cm³/mol. The maximum atomic E-state index is 5.84. The van der Waals surface area contributed by atoms with Crippen LogP contribution in [0.2, 0.25) is 0 Å². The Morgan fingerprint density at radius 1 is 1.35 bits per heavy atom. The van der Waals surface area contributed by atoms with Crippen LogP contribution in [-0.4, -0.2) is 16.7 Å². The molecule has 1 aromatic rings. The Morgan fingerprint density at radius 3 is 2.71 bits per heavy atom. The van der Waals surface area contributed by atoms with Crippen LogP contribution in [0.1, 0.15) is 70.7 Å². The Labute approximate surface area is 103 Å². The quantitative estimate of drug-likeness (QED) is 0.855. The van der Waals surface area contributed by atoms with E-state index in [1.54, 1.807) is 0 Å². The van der Waals surface area contributed by atoms with Gasteiger partial charge >= 0.3 is 0 Å². The molecule has 1 aliphatic rings. The van der Waals surface area contributed by atoms with Crippen molar-refractivity contribution in [2.75, 3.05) is 6.54 Å². The predicted octanol–water partition coefficient (Wildman–Crippen LogP) is 2.96. The molecule has 0 aliphatic heterocycles. The van der Waals surface area contributed by atoms with Crippen molar-refractivity contribution in [3.8, 4) is 0 Å². The van der Waals surface area contributed by atoms with E-state index < -0.39 is 0 Å². The molecule has 0 radical (unpaired) electrons. The summed E-state index contributed by atoms with van der Waals surface area (Å²) in [5.41, 5.74) is 0.121. The average molecular weight is 237 g/mol. The molecule has 4 nitrogen and oxygen atoms in total. The Hall–Kier alpha value is -0.900. The smallest absolute Gasteiger partial charge is 0.233 e. The van der Waals surface area contributed by atoms with Gasteiger partial charge in [-0.15, -0.1) is 10.2 Å². The van der Waals surface area contributed by atoms with Gasteiger partial charge in [0.05, 0.1) is 6.04 Å². The van der Waals surface area contributed by atoms with Crippen LogP contribution in [0.15, 0.2) is 4.42 Å². The summed E-state index contributed by atoms with van der Waals surface area (Å²) in [6.07, 6.45) is 6.01. The summed E-state index contributed by atoms with van der Waals surface area (Å²) in [5.74, 6) is 1.55. The second-order valence-corrected chi connectivity index (χ2v) is 5.39. The maximum absolute atomic E-state index is 5.84. The number of hydrogen-bond donors (Lipinski definition) is 1. The van der Waals surface area contributed by atoms with Crippen LogP contribution in [0.3, 0.4) is 0 Å². The molecule has 96 valence electrons. The van der Waals surface area contributed by atoms with Crippen LogP contribution in [0, 0.1) is 0 Å². The molecule has 1 heterocycles. The molecular formula is C13H23N3O. The lowest BCUT2D eigenvalue weighted by atomic mass is 9.89. The topological polar surface area (TPSA) is 51.0 Å². The summed E-state index contributed by atoms with van der Waals surface area (Å²) < 4.78 is 5.84. The highest BCUT2D eigenvalue weighted by molar-refractivity contribution is 5.05. The van der Waals surface area contributed by atoms with Gasteiger partial charge in [0.15, 0.2) is 0 Å². The lowest BCUT2D eigenvalue weighted by Gasteiger charge is -2.17. The highest BCUT2D eigenvalue weighted by atomic mass is 16.4. The van der Waals surface area contributed by atoms with Gasteiger partial charge in [-0.25, -0.2) is 0 Å². The fourth-order valence-corrected chi connectivity index (χ4v) is 2.47. The molecule has 2 rings (SSSR count). The van der Waals surface area contributed by atoms with Crippen molar-refractivity contribution in [1.82, 2.24) is 15.5 Å². The molecule has 1 aliphatic carbocycles. The SMILES string of the molecule is CCCNC(C)c1nnc(C2(C)CCCC2)o1.